The quantitative estimate of drug-likeness (QED) is 0.758. The van der Waals surface area contributed by atoms with Gasteiger partial charge < -0.3 is 0 Å². The second-order valence-electron chi connectivity index (χ2n) is 3.60. The Morgan fingerprint density at radius 1 is 1.53 bits per heavy atom. The molecule has 96 valence electrons. The maximum absolute atomic E-state index is 12.0. The highest BCUT2D eigenvalue weighted by Crippen LogP contribution is 2.14. The molecular weight excluding hydrogens is 246 g/mol. The van der Waals surface area contributed by atoms with E-state index >= 15 is 0 Å². The number of pyridine rings is 1. The van der Waals surface area contributed by atoms with E-state index in [9.17, 15) is 10.1 Å². The molecule has 7 nitrogen and oxygen atoms in total. The van der Waals surface area contributed by atoms with Gasteiger partial charge in [-0.2, -0.15) is 10.4 Å². The van der Waals surface area contributed by atoms with Crippen LogP contribution in [-0.2, 0) is 4.84 Å². The summed E-state index contributed by atoms with van der Waals surface area (Å²) in [7, 11) is 2.83. The zero-order chi connectivity index (χ0) is 13.8. The Balaban J connectivity index is 2.48. The Morgan fingerprint density at radius 2 is 2.32 bits per heavy atom. The maximum Gasteiger partial charge on any atom is 0.281 e. The summed E-state index contributed by atoms with van der Waals surface area (Å²) in [5, 5.41) is 14.3. The fourth-order valence-electron chi connectivity index (χ4n) is 1.52. The number of carbonyl (C=O) groups is 1. The van der Waals surface area contributed by atoms with E-state index in [1.165, 1.54) is 25.0 Å². The van der Waals surface area contributed by atoms with Crippen molar-refractivity contribution in [2.24, 2.45) is 0 Å². The van der Waals surface area contributed by atoms with Crippen LogP contribution in [0, 0.1) is 11.3 Å². The van der Waals surface area contributed by atoms with Gasteiger partial charge in [-0.1, -0.05) is 6.07 Å². The molecular formula is C12H11N5O2. The molecule has 0 aliphatic carbocycles. The Bertz CT molecular complexity index is 629. The van der Waals surface area contributed by atoms with Gasteiger partial charge in [0.15, 0.2) is 11.5 Å². The predicted octanol–water partition coefficient (Wildman–Crippen LogP) is 0.772. The monoisotopic (exact) mass is 257 g/mol. The van der Waals surface area contributed by atoms with Gasteiger partial charge in [-0.25, -0.2) is 14.7 Å². The minimum Gasteiger partial charge on any atom is -0.274 e. The minimum atomic E-state index is -0.443. The van der Waals surface area contributed by atoms with Gasteiger partial charge >= 0.3 is 0 Å². The molecule has 0 radical (unpaired) electrons. The molecule has 0 saturated heterocycles. The van der Waals surface area contributed by atoms with Crippen molar-refractivity contribution in [3.63, 3.8) is 0 Å². The van der Waals surface area contributed by atoms with E-state index in [1.54, 1.807) is 24.4 Å². The number of hydroxylamine groups is 2. The third kappa shape index (κ3) is 2.29. The zero-order valence-corrected chi connectivity index (χ0v) is 10.4. The van der Waals surface area contributed by atoms with Crippen LogP contribution in [0.4, 0.5) is 0 Å². The van der Waals surface area contributed by atoms with Crippen LogP contribution in [0.15, 0.2) is 30.6 Å². The summed E-state index contributed by atoms with van der Waals surface area (Å²) in [4.78, 5) is 20.9. The third-order valence-electron chi connectivity index (χ3n) is 2.53. The minimum absolute atomic E-state index is 0.118. The lowest BCUT2D eigenvalue weighted by atomic mass is 10.2. The molecule has 0 saturated carbocycles. The molecule has 0 spiro atoms. The first-order valence-electron chi connectivity index (χ1n) is 5.40. The van der Waals surface area contributed by atoms with Crippen LogP contribution in [0.25, 0.3) is 5.82 Å². The summed E-state index contributed by atoms with van der Waals surface area (Å²) in [6.45, 7) is 0. The maximum atomic E-state index is 12.0. The van der Waals surface area contributed by atoms with E-state index in [-0.39, 0.29) is 11.3 Å². The van der Waals surface area contributed by atoms with Gasteiger partial charge in [-0.15, -0.1) is 0 Å². The van der Waals surface area contributed by atoms with Gasteiger partial charge in [0, 0.05) is 13.2 Å². The van der Waals surface area contributed by atoms with Gasteiger partial charge in [0.1, 0.15) is 6.07 Å². The van der Waals surface area contributed by atoms with Crippen molar-refractivity contribution in [2.75, 3.05) is 14.2 Å². The highest BCUT2D eigenvalue weighted by Gasteiger charge is 2.21. The van der Waals surface area contributed by atoms with Gasteiger partial charge in [0.25, 0.3) is 5.91 Å². The molecule has 2 aromatic rings. The average molecular weight is 257 g/mol. The van der Waals surface area contributed by atoms with Crippen LogP contribution in [0.2, 0.25) is 0 Å². The molecule has 0 aliphatic heterocycles. The predicted molar refractivity (Wildman–Crippen MR) is 65.2 cm³/mol. The number of nitriles is 1. The Labute approximate surface area is 109 Å². The smallest absolute Gasteiger partial charge is 0.274 e. The Kier molecular flexibility index (Phi) is 3.54. The summed E-state index contributed by atoms with van der Waals surface area (Å²) in [6.07, 6.45) is 2.91. The summed E-state index contributed by atoms with van der Waals surface area (Å²) >= 11 is 0. The van der Waals surface area contributed by atoms with E-state index < -0.39 is 5.91 Å². The number of amides is 1. The SMILES string of the molecule is CON(C)C(=O)c1cnn(-c2ccccn2)c1C#N. The fourth-order valence-corrected chi connectivity index (χ4v) is 1.52. The summed E-state index contributed by atoms with van der Waals surface area (Å²) in [5.41, 5.74) is 0.283. The third-order valence-corrected chi connectivity index (χ3v) is 2.53. The molecule has 0 bridgehead atoms. The molecule has 0 atom stereocenters. The number of aromatic nitrogens is 3. The molecule has 1 amide bonds. The second-order valence-corrected chi connectivity index (χ2v) is 3.60. The van der Waals surface area contributed by atoms with Crippen molar-refractivity contribution >= 4 is 5.91 Å². The van der Waals surface area contributed by atoms with Crippen molar-refractivity contribution in [3.05, 3.63) is 41.9 Å². The van der Waals surface area contributed by atoms with Crippen LogP contribution < -0.4 is 0 Å². The molecule has 0 N–H and O–H groups in total. The number of hydrogen-bond acceptors (Lipinski definition) is 5. The normalized spacial score (nSPS) is 9.95. The molecule has 7 heteroatoms. The Hall–Kier alpha value is -2.72. The van der Waals surface area contributed by atoms with E-state index in [4.69, 9.17) is 4.84 Å². The molecule has 0 aromatic carbocycles. The highest BCUT2D eigenvalue weighted by molar-refractivity contribution is 5.95. The lowest BCUT2D eigenvalue weighted by Crippen LogP contribution is -2.25. The lowest BCUT2D eigenvalue weighted by Gasteiger charge is -2.12. The van der Waals surface area contributed by atoms with E-state index in [1.807, 2.05) is 6.07 Å². The summed E-state index contributed by atoms with van der Waals surface area (Å²) in [5.74, 6) is 0.0272. The summed E-state index contributed by atoms with van der Waals surface area (Å²) in [6, 6.07) is 7.18. The molecule has 2 heterocycles. The molecule has 0 aliphatic rings. The van der Waals surface area contributed by atoms with E-state index in [2.05, 4.69) is 10.1 Å². The van der Waals surface area contributed by atoms with Gasteiger partial charge in [-0.3, -0.25) is 9.63 Å². The fraction of sp³-hybridized carbons (Fsp3) is 0.167. The van der Waals surface area contributed by atoms with Crippen molar-refractivity contribution in [3.8, 4) is 11.9 Å². The van der Waals surface area contributed by atoms with Crippen molar-refractivity contribution in [1.29, 1.82) is 5.26 Å². The van der Waals surface area contributed by atoms with Gasteiger partial charge in [-0.05, 0) is 12.1 Å². The van der Waals surface area contributed by atoms with Crippen LogP contribution in [0.1, 0.15) is 16.1 Å². The van der Waals surface area contributed by atoms with Crippen molar-refractivity contribution in [2.45, 2.75) is 0 Å². The molecule has 2 rings (SSSR count). The molecule has 0 unspecified atom stereocenters. The average Bonchev–Trinajstić information content (AvgIpc) is 2.90. The largest absolute Gasteiger partial charge is 0.281 e. The van der Waals surface area contributed by atoms with Crippen molar-refractivity contribution in [1.82, 2.24) is 19.8 Å². The van der Waals surface area contributed by atoms with E-state index in [0.29, 0.717) is 5.82 Å². The first-order valence-corrected chi connectivity index (χ1v) is 5.40. The van der Waals surface area contributed by atoms with Crippen LogP contribution >= 0.6 is 0 Å². The van der Waals surface area contributed by atoms with Crippen LogP contribution in [0.3, 0.4) is 0 Å². The first-order chi connectivity index (χ1) is 9.19. The van der Waals surface area contributed by atoms with Crippen LogP contribution in [0.5, 0.6) is 0 Å². The number of carbonyl (C=O) groups excluding carboxylic acids is 1. The lowest BCUT2D eigenvalue weighted by molar-refractivity contribution is -0.0757. The first kappa shape index (κ1) is 12.7. The van der Waals surface area contributed by atoms with Crippen molar-refractivity contribution < 1.29 is 9.63 Å². The Morgan fingerprint density at radius 3 is 2.89 bits per heavy atom. The number of hydrogen-bond donors (Lipinski definition) is 0. The molecule has 0 fully saturated rings. The van der Waals surface area contributed by atoms with Gasteiger partial charge in [0.05, 0.1) is 18.9 Å². The molecule has 19 heavy (non-hydrogen) atoms. The molecule has 2 aromatic heterocycles. The topological polar surface area (TPSA) is 84.0 Å². The number of rotatable bonds is 3. The second kappa shape index (κ2) is 5.29. The van der Waals surface area contributed by atoms with Crippen LogP contribution in [-0.4, -0.2) is 39.9 Å². The van der Waals surface area contributed by atoms with E-state index in [0.717, 1.165) is 5.06 Å². The number of nitrogens with zero attached hydrogens (tertiary/aromatic N) is 5. The van der Waals surface area contributed by atoms with Gasteiger partial charge in [0.2, 0.25) is 0 Å². The highest BCUT2D eigenvalue weighted by atomic mass is 16.7. The zero-order valence-electron chi connectivity index (χ0n) is 10.4. The summed E-state index contributed by atoms with van der Waals surface area (Å²) < 4.78 is 1.32. The standard InChI is InChI=1S/C12H11N5O2/c1-16(19-2)12(18)9-8-15-17(10(9)7-13)11-5-3-4-6-14-11/h3-6,8H,1-2H3.